The Hall–Kier alpha value is -1.88. The van der Waals surface area contributed by atoms with Crippen molar-refractivity contribution in [1.29, 1.82) is 0 Å². The number of carbonyl (C=O) groups is 1. The number of carbonyl (C=O) groups excluding carboxylic acids is 1. The van der Waals surface area contributed by atoms with Crippen LogP contribution in [0.25, 0.3) is 0 Å². The zero-order valence-corrected chi connectivity index (χ0v) is 11.5. The summed E-state index contributed by atoms with van der Waals surface area (Å²) in [7, 11) is 0. The van der Waals surface area contributed by atoms with Gasteiger partial charge in [0.2, 0.25) is 0 Å². The summed E-state index contributed by atoms with van der Waals surface area (Å²) < 4.78 is 0.822. The van der Waals surface area contributed by atoms with Crippen molar-refractivity contribution < 1.29 is 14.7 Å². The zero-order valence-electron chi connectivity index (χ0n) is 11.5. The van der Waals surface area contributed by atoms with Crippen LogP contribution in [-0.4, -0.2) is 38.2 Å². The van der Waals surface area contributed by atoms with Crippen LogP contribution in [-0.2, 0) is 0 Å². The number of hydroxylamine groups is 3. The second kappa shape index (κ2) is 4.06. The highest BCUT2D eigenvalue weighted by Gasteiger charge is 2.58. The van der Waals surface area contributed by atoms with Gasteiger partial charge in [0, 0.05) is 5.56 Å². The molecule has 5 heteroatoms. The van der Waals surface area contributed by atoms with E-state index in [1.807, 2.05) is 13.8 Å². The molecule has 1 heterocycles. The van der Waals surface area contributed by atoms with Crippen LogP contribution in [0.4, 0.5) is 0 Å². The summed E-state index contributed by atoms with van der Waals surface area (Å²) >= 11 is 0. The Kier molecular flexibility index (Phi) is 2.90. The summed E-state index contributed by atoms with van der Waals surface area (Å²) in [6.45, 7) is 7.20. The van der Waals surface area contributed by atoms with Crippen molar-refractivity contribution in [2.45, 2.75) is 38.8 Å². The van der Waals surface area contributed by atoms with Gasteiger partial charge >= 0.3 is 5.84 Å². The number of amidine groups is 1. The second-order valence-corrected chi connectivity index (χ2v) is 5.79. The fourth-order valence-electron chi connectivity index (χ4n) is 2.07. The molecule has 1 N–H and O–H groups in total. The fraction of sp³-hybridized carbons (Fsp3) is 0.429. The molecule has 0 bridgehead atoms. The Bertz CT molecular complexity index is 544. The number of nitrogens with zero attached hydrogens (tertiary/aromatic N) is 2. The van der Waals surface area contributed by atoms with E-state index in [1.165, 1.54) is 0 Å². The van der Waals surface area contributed by atoms with Crippen molar-refractivity contribution in [3.63, 3.8) is 0 Å². The summed E-state index contributed by atoms with van der Waals surface area (Å²) in [5, 5.41) is 23.7. The first-order chi connectivity index (χ1) is 8.73. The van der Waals surface area contributed by atoms with Gasteiger partial charge in [-0.05, 0) is 39.8 Å². The summed E-state index contributed by atoms with van der Waals surface area (Å²) in [5.74, 6) is 0.201. The van der Waals surface area contributed by atoms with E-state index in [2.05, 4.69) is 0 Å². The Balaban J connectivity index is 2.54. The van der Waals surface area contributed by atoms with E-state index in [9.17, 15) is 15.2 Å². The van der Waals surface area contributed by atoms with Gasteiger partial charge in [-0.25, -0.2) is 5.21 Å². The van der Waals surface area contributed by atoms with E-state index >= 15 is 0 Å². The standard InChI is InChI=1S/C14H18N2O3/c1-13(2)14(3,4)16(19)12(15(13)18)11-7-5-10(9-17)6-8-11/h5-9,18H,1-4H3. The minimum absolute atomic E-state index is 0.201. The molecule has 0 radical (unpaired) electrons. The van der Waals surface area contributed by atoms with Crippen molar-refractivity contribution in [3.05, 3.63) is 40.6 Å². The molecule has 0 atom stereocenters. The third-order valence-corrected chi connectivity index (χ3v) is 4.23. The van der Waals surface area contributed by atoms with Crippen molar-refractivity contribution in [3.8, 4) is 0 Å². The predicted molar refractivity (Wildman–Crippen MR) is 71.3 cm³/mol. The largest absolute Gasteiger partial charge is 0.714 e. The predicted octanol–water partition coefficient (Wildman–Crippen LogP) is 2.02. The van der Waals surface area contributed by atoms with Gasteiger partial charge in [0.15, 0.2) is 5.54 Å². The number of aldehydes is 1. The van der Waals surface area contributed by atoms with E-state index in [0.29, 0.717) is 11.1 Å². The third-order valence-electron chi connectivity index (χ3n) is 4.23. The van der Waals surface area contributed by atoms with E-state index < -0.39 is 11.1 Å². The topological polar surface area (TPSA) is 66.6 Å². The molecule has 0 amide bonds. The maximum Gasteiger partial charge on any atom is 0.313 e. The Morgan fingerprint density at radius 1 is 1.21 bits per heavy atom. The van der Waals surface area contributed by atoms with Gasteiger partial charge in [-0.3, -0.25) is 9.53 Å². The van der Waals surface area contributed by atoms with Crippen LogP contribution < -0.4 is 0 Å². The maximum absolute atomic E-state index is 12.4. The number of benzene rings is 1. The smallest absolute Gasteiger partial charge is 0.313 e. The molecule has 1 aromatic rings. The summed E-state index contributed by atoms with van der Waals surface area (Å²) in [6.07, 6.45) is 0.739. The molecule has 1 aromatic carbocycles. The highest BCUT2D eigenvalue weighted by molar-refractivity contribution is 5.96. The van der Waals surface area contributed by atoms with Crippen LogP contribution in [0.15, 0.2) is 24.3 Å². The lowest BCUT2D eigenvalue weighted by molar-refractivity contribution is -0.539. The van der Waals surface area contributed by atoms with Gasteiger partial charge in [0.25, 0.3) is 0 Å². The van der Waals surface area contributed by atoms with Gasteiger partial charge in [-0.1, -0.05) is 12.1 Å². The number of hydrogen-bond donors (Lipinski definition) is 1. The molecule has 0 unspecified atom stereocenters. The van der Waals surface area contributed by atoms with Gasteiger partial charge in [-0.2, -0.15) is 0 Å². The second-order valence-electron chi connectivity index (χ2n) is 5.79. The average molecular weight is 262 g/mol. The summed E-state index contributed by atoms with van der Waals surface area (Å²) in [6, 6.07) is 6.56. The highest BCUT2D eigenvalue weighted by Crippen LogP contribution is 2.36. The molecular formula is C14H18N2O3. The first-order valence-electron chi connectivity index (χ1n) is 6.12. The lowest BCUT2D eigenvalue weighted by atomic mass is 9.84. The minimum Gasteiger partial charge on any atom is -0.714 e. The lowest BCUT2D eigenvalue weighted by Gasteiger charge is -2.33. The zero-order chi connectivity index (χ0) is 14.4. The summed E-state index contributed by atoms with van der Waals surface area (Å²) in [5.41, 5.74) is -0.363. The van der Waals surface area contributed by atoms with Crippen LogP contribution in [0.2, 0.25) is 0 Å². The lowest BCUT2D eigenvalue weighted by Crippen LogP contribution is -2.53. The van der Waals surface area contributed by atoms with E-state index in [4.69, 9.17) is 0 Å². The van der Waals surface area contributed by atoms with E-state index in [0.717, 1.165) is 16.1 Å². The Labute approximate surface area is 112 Å². The van der Waals surface area contributed by atoms with Crippen molar-refractivity contribution in [2.24, 2.45) is 0 Å². The van der Waals surface area contributed by atoms with Crippen LogP contribution in [0.1, 0.15) is 43.6 Å². The molecule has 0 spiro atoms. The maximum atomic E-state index is 12.4. The molecule has 102 valence electrons. The fourth-order valence-corrected chi connectivity index (χ4v) is 2.07. The minimum atomic E-state index is -0.763. The Morgan fingerprint density at radius 3 is 2.11 bits per heavy atom. The third kappa shape index (κ3) is 1.73. The van der Waals surface area contributed by atoms with Crippen molar-refractivity contribution in [1.82, 2.24) is 5.06 Å². The molecule has 1 aliphatic heterocycles. The van der Waals surface area contributed by atoms with Gasteiger partial charge in [-0.15, -0.1) is 5.06 Å². The average Bonchev–Trinajstić information content (AvgIpc) is 2.49. The number of hydrogen-bond acceptors (Lipinski definition) is 4. The van der Waals surface area contributed by atoms with E-state index in [-0.39, 0.29) is 5.84 Å². The molecule has 0 fully saturated rings. The molecule has 2 rings (SSSR count). The van der Waals surface area contributed by atoms with Gasteiger partial charge in [0.1, 0.15) is 11.8 Å². The SMILES string of the molecule is CC1(C)N(O)C(c2ccc(C=O)cc2)=[N+]([O-])C1(C)C. The van der Waals surface area contributed by atoms with Crippen LogP contribution in [0.3, 0.4) is 0 Å². The molecule has 0 saturated heterocycles. The quantitative estimate of drug-likeness (QED) is 0.503. The van der Waals surface area contributed by atoms with Gasteiger partial charge in [0.05, 0.1) is 5.56 Å². The first-order valence-corrected chi connectivity index (χ1v) is 6.12. The van der Waals surface area contributed by atoms with Crippen molar-refractivity contribution >= 4 is 12.1 Å². The Morgan fingerprint density at radius 2 is 1.74 bits per heavy atom. The summed E-state index contributed by atoms with van der Waals surface area (Å²) in [4.78, 5) is 10.6. The molecule has 1 aliphatic rings. The molecular weight excluding hydrogens is 244 g/mol. The molecule has 0 aromatic heterocycles. The first kappa shape index (κ1) is 13.5. The molecule has 5 nitrogen and oxygen atoms in total. The molecule has 0 aliphatic carbocycles. The van der Waals surface area contributed by atoms with Crippen LogP contribution in [0.5, 0.6) is 0 Å². The molecule has 19 heavy (non-hydrogen) atoms. The molecule has 0 saturated carbocycles. The van der Waals surface area contributed by atoms with Gasteiger partial charge < -0.3 is 5.21 Å². The van der Waals surface area contributed by atoms with Crippen molar-refractivity contribution in [2.75, 3.05) is 0 Å². The van der Waals surface area contributed by atoms with Crippen LogP contribution >= 0.6 is 0 Å². The number of rotatable bonds is 2. The normalized spacial score (nSPS) is 20.8. The highest BCUT2D eigenvalue weighted by atomic mass is 16.5. The van der Waals surface area contributed by atoms with E-state index in [1.54, 1.807) is 38.1 Å². The van der Waals surface area contributed by atoms with Crippen LogP contribution in [0, 0.1) is 5.21 Å². The monoisotopic (exact) mass is 262 g/mol.